The van der Waals surface area contributed by atoms with E-state index in [0.717, 1.165) is 3.94 Å². The molecule has 0 amide bonds. The van der Waals surface area contributed by atoms with Crippen LogP contribution in [0.5, 0.6) is 0 Å². The molecule has 0 aliphatic heterocycles. The highest BCUT2D eigenvalue weighted by atomic mass is 35.5. The zero-order valence-electron chi connectivity index (χ0n) is 4.78. The SMILES string of the molecule is O=P(O)(O)OCCN(Cl)Cl. The molecule has 0 atom stereocenters. The van der Waals surface area contributed by atoms with Crippen molar-refractivity contribution in [1.82, 2.24) is 3.94 Å². The highest BCUT2D eigenvalue weighted by Crippen LogP contribution is 2.35. The third-order valence-corrected chi connectivity index (χ3v) is 1.38. The average molecular weight is 210 g/mol. The lowest BCUT2D eigenvalue weighted by Crippen LogP contribution is -2.07. The van der Waals surface area contributed by atoms with E-state index in [1.807, 2.05) is 0 Å². The van der Waals surface area contributed by atoms with Crippen LogP contribution in [0.2, 0.25) is 0 Å². The molecule has 0 saturated heterocycles. The van der Waals surface area contributed by atoms with Gasteiger partial charge in [0.2, 0.25) is 0 Å². The Morgan fingerprint density at radius 1 is 1.50 bits per heavy atom. The van der Waals surface area contributed by atoms with Gasteiger partial charge in [-0.25, -0.2) is 4.57 Å². The third-order valence-electron chi connectivity index (χ3n) is 0.520. The zero-order chi connectivity index (χ0) is 8.20. The van der Waals surface area contributed by atoms with Crippen molar-refractivity contribution in [3.05, 3.63) is 0 Å². The predicted octanol–water partition coefficient (Wildman–Crippen LogP) is 0.705. The summed E-state index contributed by atoms with van der Waals surface area (Å²) in [6.07, 6.45) is 0. The maximum absolute atomic E-state index is 9.98. The van der Waals surface area contributed by atoms with E-state index in [0.29, 0.717) is 0 Å². The second-order valence-corrected chi connectivity index (χ2v) is 3.58. The molecule has 0 bridgehead atoms. The molecule has 0 aliphatic rings. The van der Waals surface area contributed by atoms with Crippen molar-refractivity contribution in [2.45, 2.75) is 0 Å². The monoisotopic (exact) mass is 209 g/mol. The lowest BCUT2D eigenvalue weighted by Gasteiger charge is -2.05. The van der Waals surface area contributed by atoms with Crippen LogP contribution in [0.25, 0.3) is 0 Å². The number of nitrogens with zero attached hydrogens (tertiary/aromatic N) is 1. The number of halogens is 2. The van der Waals surface area contributed by atoms with Gasteiger partial charge in [-0.1, -0.05) is 0 Å². The van der Waals surface area contributed by atoms with Gasteiger partial charge in [0.05, 0.1) is 13.2 Å². The Hall–Kier alpha value is 0.650. The first-order chi connectivity index (χ1) is 4.42. The predicted molar refractivity (Wildman–Crippen MR) is 36.4 cm³/mol. The second kappa shape index (κ2) is 4.51. The highest BCUT2D eigenvalue weighted by Gasteiger charge is 2.13. The average Bonchev–Trinajstić information content (AvgIpc) is 1.59. The summed E-state index contributed by atoms with van der Waals surface area (Å²) in [5.74, 6) is 0. The first-order valence-electron chi connectivity index (χ1n) is 2.21. The standard InChI is InChI=1S/C2H6Cl2NO4P/c3-5(4)1-2-9-10(6,7)8/h1-2H2,(H2,6,7,8). The quantitative estimate of drug-likeness (QED) is 0.528. The Morgan fingerprint density at radius 2 is 2.00 bits per heavy atom. The van der Waals surface area contributed by atoms with E-state index in [9.17, 15) is 4.57 Å². The molecule has 5 nitrogen and oxygen atoms in total. The molecule has 0 fully saturated rings. The van der Waals surface area contributed by atoms with Crippen LogP contribution >= 0.6 is 31.4 Å². The minimum absolute atomic E-state index is 0.0359. The third kappa shape index (κ3) is 8.65. The van der Waals surface area contributed by atoms with Gasteiger partial charge in [-0.15, -0.1) is 3.94 Å². The molecule has 8 heteroatoms. The van der Waals surface area contributed by atoms with Crippen molar-refractivity contribution >= 4 is 31.4 Å². The number of hydrogen-bond donors (Lipinski definition) is 2. The minimum atomic E-state index is -4.37. The van der Waals surface area contributed by atoms with Gasteiger partial charge in [0, 0.05) is 0 Å². The molecule has 0 unspecified atom stereocenters. The fourth-order valence-electron chi connectivity index (χ4n) is 0.229. The van der Waals surface area contributed by atoms with E-state index in [1.54, 1.807) is 0 Å². The Labute approximate surface area is 67.9 Å². The molecular formula is C2H6Cl2NO4P. The van der Waals surface area contributed by atoms with Gasteiger partial charge in [-0.05, 0) is 23.6 Å². The van der Waals surface area contributed by atoms with Crippen LogP contribution in [0.3, 0.4) is 0 Å². The fraction of sp³-hybridized carbons (Fsp3) is 1.00. The van der Waals surface area contributed by atoms with E-state index < -0.39 is 7.82 Å². The van der Waals surface area contributed by atoms with Gasteiger partial charge in [0.1, 0.15) is 0 Å². The first kappa shape index (κ1) is 10.7. The van der Waals surface area contributed by atoms with Crippen LogP contribution < -0.4 is 0 Å². The van der Waals surface area contributed by atoms with Crippen LogP contribution in [0.1, 0.15) is 0 Å². The summed E-state index contributed by atoms with van der Waals surface area (Å²) in [6, 6.07) is 0. The van der Waals surface area contributed by atoms with E-state index in [2.05, 4.69) is 4.52 Å². The topological polar surface area (TPSA) is 70.0 Å². The molecule has 0 aromatic heterocycles. The normalized spacial score (nSPS) is 12.5. The largest absolute Gasteiger partial charge is 0.469 e. The molecule has 0 radical (unpaired) electrons. The fourth-order valence-corrected chi connectivity index (χ4v) is 0.686. The smallest absolute Gasteiger partial charge is 0.303 e. The molecule has 62 valence electrons. The maximum atomic E-state index is 9.98. The molecule has 0 heterocycles. The molecule has 0 aliphatic carbocycles. The van der Waals surface area contributed by atoms with Gasteiger partial charge >= 0.3 is 7.82 Å². The van der Waals surface area contributed by atoms with Crippen LogP contribution in [0.15, 0.2) is 0 Å². The van der Waals surface area contributed by atoms with E-state index >= 15 is 0 Å². The van der Waals surface area contributed by atoms with Crippen molar-refractivity contribution in [1.29, 1.82) is 0 Å². The van der Waals surface area contributed by atoms with Crippen LogP contribution in [-0.4, -0.2) is 26.9 Å². The molecular weight excluding hydrogens is 204 g/mol. The van der Waals surface area contributed by atoms with Crippen LogP contribution in [-0.2, 0) is 9.09 Å². The Balaban J connectivity index is 3.30. The molecule has 0 aromatic rings. The van der Waals surface area contributed by atoms with E-state index in [1.165, 1.54) is 0 Å². The summed E-state index contributed by atoms with van der Waals surface area (Å²) < 4.78 is 14.7. The minimum Gasteiger partial charge on any atom is -0.303 e. The van der Waals surface area contributed by atoms with E-state index in [4.69, 9.17) is 33.3 Å². The Kier molecular flexibility index (Phi) is 4.81. The summed E-state index contributed by atoms with van der Waals surface area (Å²) in [5, 5.41) is 0. The van der Waals surface area contributed by atoms with Crippen molar-refractivity contribution in [2.24, 2.45) is 0 Å². The van der Waals surface area contributed by atoms with Gasteiger partial charge in [-0.2, -0.15) is 0 Å². The second-order valence-electron chi connectivity index (χ2n) is 1.35. The maximum Gasteiger partial charge on any atom is 0.469 e. The zero-order valence-corrected chi connectivity index (χ0v) is 7.18. The summed E-state index contributed by atoms with van der Waals surface area (Å²) in [4.78, 5) is 16.2. The summed E-state index contributed by atoms with van der Waals surface area (Å²) in [6.45, 7) is -0.175. The van der Waals surface area contributed by atoms with Crippen LogP contribution in [0.4, 0.5) is 0 Å². The van der Waals surface area contributed by atoms with E-state index in [-0.39, 0.29) is 13.2 Å². The summed E-state index contributed by atoms with van der Waals surface area (Å²) in [5.41, 5.74) is 0. The Morgan fingerprint density at radius 3 is 2.30 bits per heavy atom. The molecule has 10 heavy (non-hydrogen) atoms. The number of rotatable bonds is 4. The van der Waals surface area contributed by atoms with Crippen molar-refractivity contribution in [3.63, 3.8) is 0 Å². The summed E-state index contributed by atoms with van der Waals surface area (Å²) >= 11 is 10.1. The number of hydrogen-bond acceptors (Lipinski definition) is 3. The lowest BCUT2D eigenvalue weighted by molar-refractivity contribution is 0.195. The van der Waals surface area contributed by atoms with Crippen molar-refractivity contribution in [3.8, 4) is 0 Å². The molecule has 2 N–H and O–H groups in total. The van der Waals surface area contributed by atoms with Crippen molar-refractivity contribution < 1.29 is 18.9 Å². The summed E-state index contributed by atoms with van der Waals surface area (Å²) in [7, 11) is -4.37. The number of phosphoric acid groups is 1. The highest BCUT2D eigenvalue weighted by molar-refractivity contribution is 7.46. The van der Waals surface area contributed by atoms with Gasteiger partial charge in [-0.3, -0.25) is 4.52 Å². The van der Waals surface area contributed by atoms with Crippen LogP contribution in [0, 0.1) is 0 Å². The van der Waals surface area contributed by atoms with Gasteiger partial charge < -0.3 is 9.79 Å². The molecule has 0 aromatic carbocycles. The molecule has 0 spiro atoms. The van der Waals surface area contributed by atoms with Crippen molar-refractivity contribution in [2.75, 3.05) is 13.2 Å². The molecule has 0 rings (SSSR count). The molecule has 0 saturated carbocycles. The van der Waals surface area contributed by atoms with Gasteiger partial charge in [0.15, 0.2) is 0 Å². The van der Waals surface area contributed by atoms with Gasteiger partial charge in [0.25, 0.3) is 0 Å². The lowest BCUT2D eigenvalue weighted by atomic mass is 10.8. The first-order valence-corrected chi connectivity index (χ1v) is 4.41. The Bertz CT molecular complexity index is 135. The number of phosphoric ester groups is 1.